The van der Waals surface area contributed by atoms with E-state index in [1.165, 1.54) is 65.0 Å². The molecule has 2 amide bonds. The van der Waals surface area contributed by atoms with E-state index in [-0.39, 0.29) is 17.6 Å². The summed E-state index contributed by atoms with van der Waals surface area (Å²) in [7, 11) is 0. The molecule has 1 aromatic rings. The molecule has 0 bridgehead atoms. The van der Waals surface area contributed by atoms with E-state index in [1.807, 2.05) is 24.0 Å². The first kappa shape index (κ1) is 29.8. The Hall–Kier alpha value is -2.16. The molecule has 4 rings (SSSR count). The smallest absolute Gasteiger partial charge is 0.245 e. The molecule has 3 heterocycles. The van der Waals surface area contributed by atoms with Gasteiger partial charge in [-0.15, -0.1) is 0 Å². The van der Waals surface area contributed by atoms with E-state index in [0.29, 0.717) is 18.8 Å². The van der Waals surface area contributed by atoms with Gasteiger partial charge in [0.15, 0.2) is 0 Å². The van der Waals surface area contributed by atoms with Crippen LogP contribution in [-0.4, -0.2) is 91.7 Å². The summed E-state index contributed by atoms with van der Waals surface area (Å²) in [4.78, 5) is 30.4. The third-order valence-electron chi connectivity index (χ3n) is 8.96. The van der Waals surface area contributed by atoms with E-state index >= 15 is 0 Å². The largest absolute Gasteiger partial charge is 0.508 e. The zero-order valence-electron chi connectivity index (χ0n) is 24.0. The fraction of sp³-hybridized carbons (Fsp3) is 0.742. The van der Waals surface area contributed by atoms with Crippen molar-refractivity contribution in [1.29, 1.82) is 0 Å². The summed E-state index contributed by atoms with van der Waals surface area (Å²) in [5.74, 6) is 2.43. The highest BCUT2D eigenvalue weighted by Crippen LogP contribution is 2.24. The molecule has 3 aliphatic rings. The number of benzene rings is 1. The van der Waals surface area contributed by atoms with E-state index in [4.69, 9.17) is 0 Å². The predicted molar refractivity (Wildman–Crippen MR) is 156 cm³/mol. The number of amides is 2. The minimum Gasteiger partial charge on any atom is -0.508 e. The van der Waals surface area contributed by atoms with Crippen LogP contribution in [0.5, 0.6) is 5.75 Å². The highest BCUT2D eigenvalue weighted by atomic mass is 16.3. The van der Waals surface area contributed by atoms with Crippen LogP contribution in [0, 0.1) is 17.8 Å². The Kier molecular flexibility index (Phi) is 11.9. The normalized spacial score (nSPS) is 21.1. The number of aromatic hydroxyl groups is 1. The predicted octanol–water partition coefficient (Wildman–Crippen LogP) is 2.76. The van der Waals surface area contributed by atoms with Gasteiger partial charge in [-0.25, -0.2) is 0 Å². The molecule has 3 saturated heterocycles. The number of piperidine rings is 3. The molecule has 0 spiro atoms. The molecule has 0 saturated carbocycles. The Morgan fingerprint density at radius 3 is 2.18 bits per heavy atom. The Morgan fingerprint density at radius 1 is 0.923 bits per heavy atom. The van der Waals surface area contributed by atoms with Crippen molar-refractivity contribution in [1.82, 2.24) is 25.8 Å². The van der Waals surface area contributed by atoms with Gasteiger partial charge >= 0.3 is 0 Å². The Bertz CT molecular complexity index is 873. The maximum absolute atomic E-state index is 13.5. The number of nitrogens with zero attached hydrogens (tertiary/aromatic N) is 2. The zero-order valence-corrected chi connectivity index (χ0v) is 24.0. The van der Waals surface area contributed by atoms with Gasteiger partial charge in [0.1, 0.15) is 11.8 Å². The van der Waals surface area contributed by atoms with Gasteiger partial charge in [-0.2, -0.15) is 0 Å². The lowest BCUT2D eigenvalue weighted by Gasteiger charge is -2.38. The van der Waals surface area contributed by atoms with Crippen molar-refractivity contribution in [2.24, 2.45) is 17.8 Å². The van der Waals surface area contributed by atoms with Crippen molar-refractivity contribution >= 4 is 11.8 Å². The van der Waals surface area contributed by atoms with E-state index in [9.17, 15) is 14.7 Å². The molecule has 0 aliphatic carbocycles. The molecule has 0 aromatic heterocycles. The lowest BCUT2D eigenvalue weighted by atomic mass is 9.92. The highest BCUT2D eigenvalue weighted by Gasteiger charge is 2.31. The Morgan fingerprint density at radius 2 is 1.54 bits per heavy atom. The van der Waals surface area contributed by atoms with Crippen LogP contribution in [0.1, 0.15) is 63.9 Å². The molecular formula is C31H51N5O3. The van der Waals surface area contributed by atoms with Crippen molar-refractivity contribution in [3.05, 3.63) is 29.8 Å². The number of carbonyl (C=O) groups is 2. The highest BCUT2D eigenvalue weighted by molar-refractivity contribution is 5.88. The summed E-state index contributed by atoms with van der Waals surface area (Å²) >= 11 is 0. The third kappa shape index (κ3) is 9.76. The second-order valence-corrected chi connectivity index (χ2v) is 12.1. The molecule has 218 valence electrons. The number of nitrogens with one attached hydrogen (secondary N) is 3. The van der Waals surface area contributed by atoms with E-state index in [2.05, 4.69) is 20.9 Å². The SMILES string of the molecule is CCCC(=O)N[C@@H](Cc1ccc(O)cc1)C(=O)N1CCC(CN2CCC(CNCC3CCNCC3)CC2)CC1. The lowest BCUT2D eigenvalue weighted by molar-refractivity contribution is -0.137. The number of rotatable bonds is 12. The third-order valence-corrected chi connectivity index (χ3v) is 8.96. The van der Waals surface area contributed by atoms with Gasteiger partial charge in [-0.05, 0) is 120 Å². The monoisotopic (exact) mass is 541 g/mol. The number of hydrogen-bond acceptors (Lipinski definition) is 6. The number of phenols is 1. The molecule has 3 fully saturated rings. The van der Waals surface area contributed by atoms with Crippen LogP contribution in [0.25, 0.3) is 0 Å². The zero-order chi connectivity index (χ0) is 27.5. The number of phenolic OH excluding ortho intramolecular Hbond substituents is 1. The maximum atomic E-state index is 13.5. The molecule has 8 nitrogen and oxygen atoms in total. The number of likely N-dealkylation sites (tertiary alicyclic amines) is 2. The quantitative estimate of drug-likeness (QED) is 0.325. The van der Waals surface area contributed by atoms with Crippen LogP contribution < -0.4 is 16.0 Å². The topological polar surface area (TPSA) is 96.9 Å². The van der Waals surface area contributed by atoms with Gasteiger partial charge in [-0.1, -0.05) is 19.1 Å². The Labute approximate surface area is 235 Å². The van der Waals surface area contributed by atoms with Gasteiger partial charge < -0.3 is 30.9 Å². The van der Waals surface area contributed by atoms with Crippen LogP contribution in [0.4, 0.5) is 0 Å². The van der Waals surface area contributed by atoms with Gasteiger partial charge in [0.05, 0.1) is 0 Å². The van der Waals surface area contributed by atoms with Crippen LogP contribution in [-0.2, 0) is 16.0 Å². The first-order chi connectivity index (χ1) is 19.0. The molecule has 0 unspecified atom stereocenters. The second-order valence-electron chi connectivity index (χ2n) is 12.1. The van der Waals surface area contributed by atoms with Crippen molar-refractivity contribution in [2.45, 2.75) is 70.8 Å². The summed E-state index contributed by atoms with van der Waals surface area (Å²) in [5, 5.41) is 19.8. The van der Waals surface area contributed by atoms with Gasteiger partial charge in [-0.3, -0.25) is 9.59 Å². The molecular weight excluding hydrogens is 490 g/mol. The second kappa shape index (κ2) is 15.6. The lowest BCUT2D eigenvalue weighted by Crippen LogP contribution is -2.52. The molecule has 8 heteroatoms. The van der Waals surface area contributed by atoms with Gasteiger partial charge in [0.25, 0.3) is 0 Å². The standard InChI is InChI=1S/C31H51N5O3/c1-2-3-30(38)34-29(20-24-4-6-28(37)7-5-24)31(39)36-18-12-27(13-19-36)23-35-16-10-26(11-17-35)22-33-21-25-8-14-32-15-9-25/h4-7,25-27,29,32-33,37H,2-3,8-23H2,1H3,(H,34,38)/t29-/m0/s1. The van der Waals surface area contributed by atoms with Crippen LogP contribution in [0.15, 0.2) is 24.3 Å². The van der Waals surface area contributed by atoms with Crippen LogP contribution >= 0.6 is 0 Å². The van der Waals surface area contributed by atoms with Crippen molar-refractivity contribution in [3.63, 3.8) is 0 Å². The van der Waals surface area contributed by atoms with Crippen LogP contribution in [0.2, 0.25) is 0 Å². The van der Waals surface area contributed by atoms with E-state index < -0.39 is 6.04 Å². The summed E-state index contributed by atoms with van der Waals surface area (Å²) in [5.41, 5.74) is 0.933. The molecule has 39 heavy (non-hydrogen) atoms. The van der Waals surface area contributed by atoms with E-state index in [1.54, 1.807) is 12.1 Å². The number of carbonyl (C=O) groups excluding carboxylic acids is 2. The maximum Gasteiger partial charge on any atom is 0.245 e. The summed E-state index contributed by atoms with van der Waals surface area (Å²) in [6.07, 6.45) is 8.85. The van der Waals surface area contributed by atoms with Crippen molar-refractivity contribution in [2.75, 3.05) is 58.9 Å². The van der Waals surface area contributed by atoms with Crippen molar-refractivity contribution in [3.8, 4) is 5.75 Å². The minimum absolute atomic E-state index is 0.0174. The van der Waals surface area contributed by atoms with E-state index in [0.717, 1.165) is 56.3 Å². The first-order valence-electron chi connectivity index (χ1n) is 15.5. The average Bonchev–Trinajstić information content (AvgIpc) is 2.95. The molecule has 3 aliphatic heterocycles. The molecule has 1 atom stereocenters. The van der Waals surface area contributed by atoms with Crippen LogP contribution in [0.3, 0.4) is 0 Å². The van der Waals surface area contributed by atoms with Gasteiger partial charge in [0.2, 0.25) is 11.8 Å². The summed E-state index contributed by atoms with van der Waals surface area (Å²) < 4.78 is 0. The van der Waals surface area contributed by atoms with Gasteiger partial charge in [0, 0.05) is 32.5 Å². The minimum atomic E-state index is -0.562. The molecule has 0 radical (unpaired) electrons. The first-order valence-corrected chi connectivity index (χ1v) is 15.5. The average molecular weight is 542 g/mol. The fourth-order valence-electron chi connectivity index (χ4n) is 6.43. The van der Waals surface area contributed by atoms with Crippen molar-refractivity contribution < 1.29 is 14.7 Å². The Balaban J connectivity index is 1.17. The number of hydrogen-bond donors (Lipinski definition) is 4. The summed E-state index contributed by atoms with van der Waals surface area (Å²) in [6, 6.07) is 6.34. The molecule has 4 N–H and O–H groups in total. The summed E-state index contributed by atoms with van der Waals surface area (Å²) in [6.45, 7) is 11.7. The molecule has 1 aromatic carbocycles. The fourth-order valence-corrected chi connectivity index (χ4v) is 6.43.